The quantitative estimate of drug-likeness (QED) is 0.782. The number of rotatable bonds is 5. The van der Waals surface area contributed by atoms with Crippen LogP contribution in [0, 0.1) is 0 Å². The summed E-state index contributed by atoms with van der Waals surface area (Å²) in [5.74, 6) is 0.0402. The summed E-state index contributed by atoms with van der Waals surface area (Å²) in [6.45, 7) is 3.96. The lowest BCUT2D eigenvalue weighted by Crippen LogP contribution is -2.00. The molecule has 1 aromatic rings. The summed E-state index contributed by atoms with van der Waals surface area (Å²) in [6.07, 6.45) is 2.22. The number of carboxylic acids is 1. The van der Waals surface area contributed by atoms with Crippen LogP contribution in [0.5, 0.6) is 0 Å². The minimum Gasteiger partial charge on any atom is -0.481 e. The molecule has 0 aliphatic carbocycles. The summed E-state index contributed by atoms with van der Waals surface area (Å²) in [5, 5.41) is 12.5. The van der Waals surface area contributed by atoms with Crippen LogP contribution in [0.25, 0.3) is 0 Å². The molecule has 4 nitrogen and oxygen atoms in total. The first-order chi connectivity index (χ1) is 6.69. The molecule has 0 amide bonds. The van der Waals surface area contributed by atoms with Crippen molar-refractivity contribution in [1.82, 2.24) is 5.16 Å². The van der Waals surface area contributed by atoms with Gasteiger partial charge in [-0.15, -0.1) is 0 Å². The van der Waals surface area contributed by atoms with E-state index in [9.17, 15) is 4.79 Å². The van der Waals surface area contributed by atoms with Crippen molar-refractivity contribution >= 4 is 5.97 Å². The fourth-order valence-electron chi connectivity index (χ4n) is 1.45. The predicted octanol–water partition coefficient (Wildman–Crippen LogP) is 1.82. The molecule has 0 saturated carbocycles. The second-order valence-electron chi connectivity index (χ2n) is 3.13. The second-order valence-corrected chi connectivity index (χ2v) is 3.13. The monoisotopic (exact) mass is 197 g/mol. The first-order valence-electron chi connectivity index (χ1n) is 4.87. The molecule has 0 atom stereocenters. The number of aromatic nitrogens is 1. The smallest absolute Gasteiger partial charge is 0.303 e. The van der Waals surface area contributed by atoms with Gasteiger partial charge in [-0.3, -0.25) is 4.79 Å². The molecule has 0 aliphatic heterocycles. The lowest BCUT2D eigenvalue weighted by atomic mass is 10.0. The van der Waals surface area contributed by atoms with E-state index in [2.05, 4.69) is 5.16 Å². The van der Waals surface area contributed by atoms with Gasteiger partial charge in [0.15, 0.2) is 0 Å². The molecule has 1 rings (SSSR count). The zero-order valence-corrected chi connectivity index (χ0v) is 8.54. The van der Waals surface area contributed by atoms with Crippen molar-refractivity contribution in [3.05, 3.63) is 17.0 Å². The molecule has 0 bridgehead atoms. The molecular formula is C10H15NO3. The number of hydrogen-bond acceptors (Lipinski definition) is 3. The summed E-state index contributed by atoms with van der Waals surface area (Å²) in [6, 6.07) is 0. The van der Waals surface area contributed by atoms with Crippen LogP contribution in [0.15, 0.2) is 4.52 Å². The van der Waals surface area contributed by atoms with Crippen molar-refractivity contribution in [2.45, 2.75) is 39.5 Å². The van der Waals surface area contributed by atoms with Gasteiger partial charge in [-0.1, -0.05) is 19.0 Å². The Morgan fingerprint density at radius 1 is 1.43 bits per heavy atom. The highest BCUT2D eigenvalue weighted by molar-refractivity contribution is 5.67. The minimum atomic E-state index is -0.782. The summed E-state index contributed by atoms with van der Waals surface area (Å²) in [4.78, 5) is 10.4. The fraction of sp³-hybridized carbons (Fsp3) is 0.600. The average Bonchev–Trinajstić information content (AvgIpc) is 2.56. The second kappa shape index (κ2) is 4.79. The van der Waals surface area contributed by atoms with Gasteiger partial charge < -0.3 is 9.63 Å². The van der Waals surface area contributed by atoms with Gasteiger partial charge in [0, 0.05) is 18.4 Å². The minimum absolute atomic E-state index is 0.140. The highest BCUT2D eigenvalue weighted by Gasteiger charge is 2.13. The van der Waals surface area contributed by atoms with Crippen molar-refractivity contribution in [1.29, 1.82) is 0 Å². The average molecular weight is 197 g/mol. The van der Waals surface area contributed by atoms with Crippen LogP contribution in [-0.4, -0.2) is 16.2 Å². The zero-order chi connectivity index (χ0) is 10.6. The summed E-state index contributed by atoms with van der Waals surface area (Å²) >= 11 is 0. The predicted molar refractivity (Wildman–Crippen MR) is 51.2 cm³/mol. The third kappa shape index (κ3) is 2.34. The number of carbonyl (C=O) groups is 1. The van der Waals surface area contributed by atoms with Gasteiger partial charge in [0.25, 0.3) is 0 Å². The number of carboxylic acid groups (broad SMARTS) is 1. The Labute approximate surface area is 82.9 Å². The maximum Gasteiger partial charge on any atom is 0.303 e. The van der Waals surface area contributed by atoms with Gasteiger partial charge in [-0.2, -0.15) is 0 Å². The Morgan fingerprint density at radius 2 is 2.14 bits per heavy atom. The topological polar surface area (TPSA) is 63.3 Å². The van der Waals surface area contributed by atoms with E-state index in [4.69, 9.17) is 9.63 Å². The standard InChI is InChI=1S/C10H15NO3/c1-3-8-7(5-6-10(12)13)9(4-2)14-11-8/h3-6H2,1-2H3,(H,12,13). The van der Waals surface area contributed by atoms with Crippen LogP contribution in [-0.2, 0) is 24.1 Å². The molecule has 0 saturated heterocycles. The van der Waals surface area contributed by atoms with E-state index >= 15 is 0 Å². The van der Waals surface area contributed by atoms with Gasteiger partial charge >= 0.3 is 5.97 Å². The van der Waals surface area contributed by atoms with E-state index in [0.29, 0.717) is 6.42 Å². The molecule has 0 fully saturated rings. The Hall–Kier alpha value is -1.32. The van der Waals surface area contributed by atoms with Crippen LogP contribution >= 0.6 is 0 Å². The van der Waals surface area contributed by atoms with Gasteiger partial charge in [-0.25, -0.2) is 0 Å². The van der Waals surface area contributed by atoms with Crippen LogP contribution in [0.1, 0.15) is 37.3 Å². The van der Waals surface area contributed by atoms with Crippen LogP contribution in [0.2, 0.25) is 0 Å². The molecule has 1 N–H and O–H groups in total. The molecule has 14 heavy (non-hydrogen) atoms. The molecule has 1 heterocycles. The molecule has 0 aromatic carbocycles. The first-order valence-corrected chi connectivity index (χ1v) is 4.87. The van der Waals surface area contributed by atoms with Crippen LogP contribution < -0.4 is 0 Å². The zero-order valence-electron chi connectivity index (χ0n) is 8.54. The molecule has 78 valence electrons. The number of nitrogens with zero attached hydrogens (tertiary/aromatic N) is 1. The maximum atomic E-state index is 10.4. The normalized spacial score (nSPS) is 10.4. The van der Waals surface area contributed by atoms with E-state index in [-0.39, 0.29) is 6.42 Å². The van der Waals surface area contributed by atoms with Crippen LogP contribution in [0.3, 0.4) is 0 Å². The molecule has 0 unspecified atom stereocenters. The lowest BCUT2D eigenvalue weighted by Gasteiger charge is -1.98. The number of aliphatic carboxylic acids is 1. The third-order valence-corrected chi connectivity index (χ3v) is 2.20. The molecule has 1 aromatic heterocycles. The molecule has 4 heteroatoms. The van der Waals surface area contributed by atoms with E-state index in [1.807, 2.05) is 13.8 Å². The highest BCUT2D eigenvalue weighted by Crippen LogP contribution is 2.17. The Kier molecular flexibility index (Phi) is 3.68. The van der Waals surface area contributed by atoms with Gasteiger partial charge in [0.2, 0.25) is 0 Å². The van der Waals surface area contributed by atoms with Gasteiger partial charge in [0.1, 0.15) is 5.76 Å². The summed E-state index contributed by atoms with van der Waals surface area (Å²) in [7, 11) is 0. The molecule has 0 radical (unpaired) electrons. The third-order valence-electron chi connectivity index (χ3n) is 2.20. The maximum absolute atomic E-state index is 10.4. The van der Waals surface area contributed by atoms with Crippen molar-refractivity contribution < 1.29 is 14.4 Å². The SMILES string of the molecule is CCc1noc(CC)c1CCC(=O)O. The Bertz CT molecular complexity index is 296. The van der Waals surface area contributed by atoms with Crippen molar-refractivity contribution in [3.63, 3.8) is 0 Å². The molecule has 0 aliphatic rings. The van der Waals surface area contributed by atoms with E-state index in [1.165, 1.54) is 0 Å². The van der Waals surface area contributed by atoms with E-state index < -0.39 is 5.97 Å². The molecule has 0 spiro atoms. The lowest BCUT2D eigenvalue weighted by molar-refractivity contribution is -0.136. The van der Waals surface area contributed by atoms with Crippen molar-refractivity contribution in [3.8, 4) is 0 Å². The summed E-state index contributed by atoms with van der Waals surface area (Å²) < 4.78 is 5.13. The largest absolute Gasteiger partial charge is 0.481 e. The van der Waals surface area contributed by atoms with Gasteiger partial charge in [0.05, 0.1) is 5.69 Å². The summed E-state index contributed by atoms with van der Waals surface area (Å²) in [5.41, 5.74) is 1.88. The Balaban J connectivity index is 2.80. The Morgan fingerprint density at radius 3 is 2.64 bits per heavy atom. The molecular weight excluding hydrogens is 182 g/mol. The van der Waals surface area contributed by atoms with E-state index in [1.54, 1.807) is 0 Å². The van der Waals surface area contributed by atoms with Crippen molar-refractivity contribution in [2.24, 2.45) is 0 Å². The van der Waals surface area contributed by atoms with Gasteiger partial charge in [-0.05, 0) is 12.8 Å². The fourth-order valence-corrected chi connectivity index (χ4v) is 1.45. The number of aryl methyl sites for hydroxylation is 2. The van der Waals surface area contributed by atoms with Crippen LogP contribution in [0.4, 0.5) is 0 Å². The first kappa shape index (κ1) is 10.8. The highest BCUT2D eigenvalue weighted by atomic mass is 16.5. The van der Waals surface area contributed by atoms with E-state index in [0.717, 1.165) is 29.9 Å². The number of hydrogen-bond donors (Lipinski definition) is 1. The van der Waals surface area contributed by atoms with Crippen molar-refractivity contribution in [2.75, 3.05) is 0 Å².